The Morgan fingerprint density at radius 2 is 2.17 bits per heavy atom. The van der Waals surface area contributed by atoms with Crippen LogP contribution >= 0.6 is 0 Å². The van der Waals surface area contributed by atoms with E-state index in [1.807, 2.05) is 12.1 Å². The lowest BCUT2D eigenvalue weighted by atomic mass is 9.99. The molecule has 1 atom stereocenters. The molecular formula is C16H23NO. The summed E-state index contributed by atoms with van der Waals surface area (Å²) in [5.74, 6) is 1.01. The molecule has 0 spiro atoms. The summed E-state index contributed by atoms with van der Waals surface area (Å²) in [6.07, 6.45) is 5.76. The maximum absolute atomic E-state index is 9.17. The molecule has 2 fully saturated rings. The van der Waals surface area contributed by atoms with Crippen LogP contribution < -0.4 is 5.32 Å². The van der Waals surface area contributed by atoms with E-state index in [9.17, 15) is 5.11 Å². The van der Waals surface area contributed by atoms with E-state index in [1.54, 1.807) is 0 Å². The number of aliphatic hydroxyl groups is 1. The van der Waals surface area contributed by atoms with Crippen LogP contribution in [0.15, 0.2) is 24.3 Å². The van der Waals surface area contributed by atoms with Crippen LogP contribution in [0.1, 0.15) is 49.8 Å². The Kier molecular flexibility index (Phi) is 3.16. The molecule has 0 saturated heterocycles. The van der Waals surface area contributed by atoms with Gasteiger partial charge >= 0.3 is 0 Å². The first-order chi connectivity index (χ1) is 8.73. The third kappa shape index (κ3) is 2.45. The van der Waals surface area contributed by atoms with Gasteiger partial charge in [0.15, 0.2) is 0 Å². The van der Waals surface area contributed by atoms with Gasteiger partial charge in [0.25, 0.3) is 0 Å². The molecule has 1 aromatic rings. The first-order valence-corrected chi connectivity index (χ1v) is 7.17. The molecule has 2 aliphatic rings. The van der Waals surface area contributed by atoms with Crippen LogP contribution in [-0.2, 0) is 6.61 Å². The molecule has 3 rings (SSSR count). The van der Waals surface area contributed by atoms with Crippen molar-refractivity contribution in [2.45, 2.75) is 45.3 Å². The van der Waals surface area contributed by atoms with Gasteiger partial charge in [-0.3, -0.25) is 0 Å². The molecule has 2 aliphatic carbocycles. The standard InChI is InChI=1S/C16H23NO/c1-12(14-4-2-3-13(9-14)10-18)17-11-16(7-8-16)15-5-6-15/h2-4,9,12,15,17-18H,5-8,10-11H2,1H3. The van der Waals surface area contributed by atoms with E-state index in [0.717, 1.165) is 11.5 Å². The minimum Gasteiger partial charge on any atom is -0.392 e. The molecule has 0 bridgehead atoms. The molecule has 2 heteroatoms. The van der Waals surface area contributed by atoms with E-state index in [2.05, 4.69) is 24.4 Å². The Bertz CT molecular complexity index is 421. The van der Waals surface area contributed by atoms with E-state index in [-0.39, 0.29) is 6.61 Å². The van der Waals surface area contributed by atoms with Crippen LogP contribution in [0.4, 0.5) is 0 Å². The molecule has 2 nitrogen and oxygen atoms in total. The van der Waals surface area contributed by atoms with E-state index in [0.29, 0.717) is 11.5 Å². The van der Waals surface area contributed by atoms with Gasteiger partial charge in [-0.2, -0.15) is 0 Å². The Morgan fingerprint density at radius 3 is 2.78 bits per heavy atom. The highest BCUT2D eigenvalue weighted by atomic mass is 16.3. The number of nitrogens with one attached hydrogen (secondary N) is 1. The second-order valence-corrected chi connectivity index (χ2v) is 6.14. The van der Waals surface area contributed by atoms with Gasteiger partial charge in [0, 0.05) is 12.6 Å². The lowest BCUT2D eigenvalue weighted by Crippen LogP contribution is -2.28. The largest absolute Gasteiger partial charge is 0.392 e. The van der Waals surface area contributed by atoms with Gasteiger partial charge in [-0.25, -0.2) is 0 Å². The zero-order valence-electron chi connectivity index (χ0n) is 11.2. The van der Waals surface area contributed by atoms with Crippen molar-refractivity contribution in [3.05, 3.63) is 35.4 Å². The van der Waals surface area contributed by atoms with Gasteiger partial charge in [-0.1, -0.05) is 24.3 Å². The van der Waals surface area contributed by atoms with Crippen molar-refractivity contribution in [2.24, 2.45) is 11.3 Å². The lowest BCUT2D eigenvalue weighted by Gasteiger charge is -2.20. The normalized spacial score (nSPS) is 22.8. The summed E-state index contributed by atoms with van der Waals surface area (Å²) in [6, 6.07) is 8.64. The van der Waals surface area contributed by atoms with Crippen LogP contribution in [0.3, 0.4) is 0 Å². The second-order valence-electron chi connectivity index (χ2n) is 6.14. The summed E-state index contributed by atoms with van der Waals surface area (Å²) in [5.41, 5.74) is 2.95. The fraction of sp³-hybridized carbons (Fsp3) is 0.625. The summed E-state index contributed by atoms with van der Waals surface area (Å²) < 4.78 is 0. The second kappa shape index (κ2) is 4.67. The molecule has 0 radical (unpaired) electrons. The molecular weight excluding hydrogens is 222 g/mol. The van der Waals surface area contributed by atoms with Crippen LogP contribution in [0, 0.1) is 11.3 Å². The first kappa shape index (κ1) is 12.2. The van der Waals surface area contributed by atoms with E-state index in [1.165, 1.54) is 37.8 Å². The zero-order chi connectivity index (χ0) is 12.6. The van der Waals surface area contributed by atoms with Gasteiger partial charge < -0.3 is 10.4 Å². The fourth-order valence-electron chi connectivity index (χ4n) is 3.02. The molecule has 0 aliphatic heterocycles. The average molecular weight is 245 g/mol. The summed E-state index contributed by atoms with van der Waals surface area (Å²) in [7, 11) is 0. The minimum absolute atomic E-state index is 0.132. The highest BCUT2D eigenvalue weighted by Crippen LogP contribution is 2.60. The summed E-state index contributed by atoms with van der Waals surface area (Å²) in [4.78, 5) is 0. The van der Waals surface area contributed by atoms with Crippen molar-refractivity contribution in [3.63, 3.8) is 0 Å². The Balaban J connectivity index is 1.58. The van der Waals surface area contributed by atoms with Gasteiger partial charge in [-0.05, 0) is 55.1 Å². The molecule has 2 N–H and O–H groups in total. The number of aliphatic hydroxyl groups excluding tert-OH is 1. The molecule has 1 unspecified atom stereocenters. The Hall–Kier alpha value is -0.860. The van der Waals surface area contributed by atoms with Gasteiger partial charge in [-0.15, -0.1) is 0 Å². The van der Waals surface area contributed by atoms with Crippen molar-refractivity contribution < 1.29 is 5.11 Å². The quantitative estimate of drug-likeness (QED) is 0.807. The molecule has 2 saturated carbocycles. The summed E-state index contributed by atoms with van der Waals surface area (Å²) >= 11 is 0. The number of rotatable bonds is 6. The monoisotopic (exact) mass is 245 g/mol. The molecule has 0 heterocycles. The molecule has 0 amide bonds. The van der Waals surface area contributed by atoms with E-state index >= 15 is 0 Å². The highest BCUT2D eigenvalue weighted by molar-refractivity contribution is 5.25. The van der Waals surface area contributed by atoms with E-state index in [4.69, 9.17) is 0 Å². The van der Waals surface area contributed by atoms with Gasteiger partial charge in [0.2, 0.25) is 0 Å². The van der Waals surface area contributed by atoms with Gasteiger partial charge in [0.1, 0.15) is 0 Å². The first-order valence-electron chi connectivity index (χ1n) is 7.17. The lowest BCUT2D eigenvalue weighted by molar-refractivity contribution is 0.281. The smallest absolute Gasteiger partial charge is 0.0681 e. The van der Waals surface area contributed by atoms with Crippen LogP contribution in [0.2, 0.25) is 0 Å². The predicted octanol–water partition coefficient (Wildman–Crippen LogP) is 3.02. The van der Waals surface area contributed by atoms with Crippen molar-refractivity contribution in [1.82, 2.24) is 5.32 Å². The van der Waals surface area contributed by atoms with Crippen molar-refractivity contribution >= 4 is 0 Å². The SMILES string of the molecule is CC(NCC1(C2CC2)CC1)c1cccc(CO)c1. The maximum atomic E-state index is 9.17. The number of hydrogen-bond acceptors (Lipinski definition) is 2. The van der Waals surface area contributed by atoms with Crippen molar-refractivity contribution in [3.8, 4) is 0 Å². The molecule has 0 aromatic heterocycles. The van der Waals surface area contributed by atoms with Crippen LogP contribution in [0.25, 0.3) is 0 Å². The molecule has 98 valence electrons. The highest BCUT2D eigenvalue weighted by Gasteiger charge is 2.53. The zero-order valence-corrected chi connectivity index (χ0v) is 11.2. The van der Waals surface area contributed by atoms with Crippen LogP contribution in [-0.4, -0.2) is 11.7 Å². The molecule has 1 aromatic carbocycles. The Labute approximate surface area is 109 Å². The minimum atomic E-state index is 0.132. The number of benzene rings is 1. The summed E-state index contributed by atoms with van der Waals surface area (Å²) in [5, 5.41) is 12.9. The topological polar surface area (TPSA) is 32.3 Å². The summed E-state index contributed by atoms with van der Waals surface area (Å²) in [6.45, 7) is 3.52. The fourth-order valence-corrected chi connectivity index (χ4v) is 3.02. The molecule has 18 heavy (non-hydrogen) atoms. The third-order valence-corrected chi connectivity index (χ3v) is 4.73. The van der Waals surface area contributed by atoms with E-state index < -0.39 is 0 Å². The maximum Gasteiger partial charge on any atom is 0.0681 e. The number of hydrogen-bond donors (Lipinski definition) is 2. The van der Waals surface area contributed by atoms with Crippen molar-refractivity contribution in [2.75, 3.05) is 6.54 Å². The Morgan fingerprint density at radius 1 is 1.39 bits per heavy atom. The predicted molar refractivity (Wildman–Crippen MR) is 73.2 cm³/mol. The van der Waals surface area contributed by atoms with Gasteiger partial charge in [0.05, 0.1) is 6.61 Å². The third-order valence-electron chi connectivity index (χ3n) is 4.73. The van der Waals surface area contributed by atoms with Crippen molar-refractivity contribution in [1.29, 1.82) is 0 Å². The van der Waals surface area contributed by atoms with Crippen LogP contribution in [0.5, 0.6) is 0 Å². The average Bonchev–Trinajstić information content (AvgIpc) is 3.28.